The van der Waals surface area contributed by atoms with Crippen LogP contribution in [0.2, 0.25) is 0 Å². The zero-order valence-electron chi connectivity index (χ0n) is 11.8. The molecule has 1 N–H and O–H groups in total. The SMILES string of the molecule is CC1N(C)C=CN1C.O=S(=O)(NS(=O)(=O)C(F)(F)F)C(F)(F)F. The maximum atomic E-state index is 11.5. The van der Waals surface area contributed by atoms with E-state index in [1.165, 1.54) is 0 Å². The predicted octanol–water partition coefficient (Wildman–Crippen LogP) is 0.956. The van der Waals surface area contributed by atoms with Crippen molar-refractivity contribution in [3.63, 3.8) is 0 Å². The van der Waals surface area contributed by atoms with Gasteiger partial charge in [-0.3, -0.25) is 0 Å². The van der Waals surface area contributed by atoms with E-state index in [0.29, 0.717) is 6.17 Å². The Morgan fingerprint density at radius 1 is 0.826 bits per heavy atom. The quantitative estimate of drug-likeness (QED) is 0.704. The smallest absolute Gasteiger partial charge is 0.359 e. The summed E-state index contributed by atoms with van der Waals surface area (Å²) in [5, 5.41) is 0. The fraction of sp³-hybridized carbons (Fsp3) is 0.750. The summed E-state index contributed by atoms with van der Waals surface area (Å²) in [7, 11) is -9.04. The molecule has 7 nitrogen and oxygen atoms in total. The fourth-order valence-corrected chi connectivity index (χ4v) is 2.90. The first-order valence-electron chi connectivity index (χ1n) is 5.45. The van der Waals surface area contributed by atoms with Gasteiger partial charge in [-0.15, -0.1) is 0 Å². The fourth-order valence-electron chi connectivity index (χ4n) is 0.986. The van der Waals surface area contributed by atoms with E-state index in [9.17, 15) is 43.2 Å². The third-order valence-electron chi connectivity index (χ3n) is 2.54. The van der Waals surface area contributed by atoms with Crippen LogP contribution >= 0.6 is 0 Å². The van der Waals surface area contributed by atoms with Crippen LogP contribution in [-0.4, -0.2) is 57.9 Å². The summed E-state index contributed by atoms with van der Waals surface area (Å²) in [5.41, 5.74) is -12.3. The first-order chi connectivity index (χ1) is 9.92. The molecule has 23 heavy (non-hydrogen) atoms. The van der Waals surface area contributed by atoms with Crippen molar-refractivity contribution in [2.24, 2.45) is 0 Å². The highest BCUT2D eigenvalue weighted by molar-refractivity contribution is 8.05. The topological polar surface area (TPSA) is 86.8 Å². The molecule has 1 aliphatic rings. The summed E-state index contributed by atoms with van der Waals surface area (Å²) in [5.74, 6) is 0. The van der Waals surface area contributed by atoms with Gasteiger partial charge in [-0.05, 0) is 6.92 Å². The number of rotatable bonds is 2. The molecule has 15 heteroatoms. The van der Waals surface area contributed by atoms with Gasteiger partial charge in [0.1, 0.15) is 0 Å². The second-order valence-electron chi connectivity index (χ2n) is 4.24. The van der Waals surface area contributed by atoms with Gasteiger partial charge in [0.15, 0.2) is 0 Å². The van der Waals surface area contributed by atoms with Crippen molar-refractivity contribution in [2.75, 3.05) is 14.1 Å². The Kier molecular flexibility index (Phi) is 6.36. The molecule has 1 rings (SSSR count). The van der Waals surface area contributed by atoms with Crippen LogP contribution in [0.5, 0.6) is 0 Å². The Balaban J connectivity index is 0.000000502. The number of hydrogen-bond donors (Lipinski definition) is 1. The minimum absolute atomic E-state index is 0.493. The number of nitrogens with zero attached hydrogens (tertiary/aromatic N) is 2. The van der Waals surface area contributed by atoms with Crippen LogP contribution in [0, 0.1) is 0 Å². The lowest BCUT2D eigenvalue weighted by Gasteiger charge is -2.22. The molecule has 0 radical (unpaired) electrons. The predicted molar refractivity (Wildman–Crippen MR) is 67.2 cm³/mol. The molecular weight excluding hydrogens is 380 g/mol. The third-order valence-corrected chi connectivity index (χ3v) is 5.52. The third kappa shape index (κ3) is 5.72. The van der Waals surface area contributed by atoms with Gasteiger partial charge in [0.25, 0.3) is 0 Å². The summed E-state index contributed by atoms with van der Waals surface area (Å²) >= 11 is 0. The Hall–Kier alpha value is -1.22. The zero-order chi connectivity index (χ0) is 18.9. The minimum atomic E-state index is -6.60. The molecule has 138 valence electrons. The number of sulfonamides is 2. The Morgan fingerprint density at radius 2 is 1.09 bits per heavy atom. The second-order valence-corrected chi connectivity index (χ2v) is 7.85. The van der Waals surface area contributed by atoms with Gasteiger partial charge >= 0.3 is 31.1 Å². The average Bonchev–Trinajstić information content (AvgIpc) is 2.57. The second kappa shape index (κ2) is 6.72. The Morgan fingerprint density at radius 3 is 1.22 bits per heavy atom. The Bertz CT molecular complexity index is 586. The highest BCUT2D eigenvalue weighted by Gasteiger charge is 2.55. The van der Waals surface area contributed by atoms with E-state index < -0.39 is 35.2 Å². The number of halogens is 6. The first-order valence-corrected chi connectivity index (χ1v) is 8.42. The Labute approximate surface area is 128 Å². The van der Waals surface area contributed by atoms with Crippen LogP contribution in [-0.2, 0) is 20.0 Å². The molecule has 0 aliphatic carbocycles. The normalized spacial score (nSPS) is 17.3. The van der Waals surface area contributed by atoms with Gasteiger partial charge in [0, 0.05) is 26.5 Å². The van der Waals surface area contributed by atoms with E-state index in [0.717, 1.165) is 0 Å². The standard InChI is InChI=1S/C6H12N2.C2HF6NO4S2/c1-6-7(2)4-5-8(6)3;3-1(4,5)14(10,11)9-15(12,13)2(6,7)8/h4-6H,1-3H3;9H. The van der Waals surface area contributed by atoms with Crippen LogP contribution in [0.1, 0.15) is 6.92 Å². The molecule has 0 aromatic heterocycles. The van der Waals surface area contributed by atoms with Crippen LogP contribution in [0.25, 0.3) is 0 Å². The van der Waals surface area contributed by atoms with Gasteiger partial charge in [-0.25, -0.2) is 16.8 Å². The van der Waals surface area contributed by atoms with Crippen LogP contribution in [0.15, 0.2) is 12.4 Å². The molecule has 0 amide bonds. The summed E-state index contributed by atoms with van der Waals surface area (Å²) in [4.78, 5) is 4.33. The summed E-state index contributed by atoms with van der Waals surface area (Å²) in [6.07, 6.45) is 4.69. The molecule has 1 heterocycles. The minimum Gasteiger partial charge on any atom is -0.359 e. The largest absolute Gasteiger partial charge is 0.512 e. The van der Waals surface area contributed by atoms with Crippen molar-refractivity contribution in [3.8, 4) is 0 Å². The van der Waals surface area contributed by atoms with Crippen molar-refractivity contribution in [3.05, 3.63) is 12.4 Å². The van der Waals surface area contributed by atoms with Crippen LogP contribution < -0.4 is 4.13 Å². The van der Waals surface area contributed by atoms with E-state index >= 15 is 0 Å². The number of hydrogen-bond acceptors (Lipinski definition) is 6. The lowest BCUT2D eigenvalue weighted by atomic mass is 10.5. The van der Waals surface area contributed by atoms with Crippen molar-refractivity contribution in [1.29, 1.82) is 0 Å². The highest BCUT2D eigenvalue weighted by atomic mass is 32.3. The van der Waals surface area contributed by atoms with E-state index in [1.807, 2.05) is 0 Å². The molecule has 0 saturated carbocycles. The molecule has 0 saturated heterocycles. The van der Waals surface area contributed by atoms with Gasteiger partial charge < -0.3 is 9.80 Å². The van der Waals surface area contributed by atoms with E-state index in [-0.39, 0.29) is 0 Å². The number of nitrogens with one attached hydrogen (secondary N) is 1. The molecule has 1 aliphatic heterocycles. The summed E-state index contributed by atoms with van der Waals surface area (Å²) in [6.45, 7) is 2.17. The lowest BCUT2D eigenvalue weighted by molar-refractivity contribution is -0.0476. The average molecular weight is 393 g/mol. The molecule has 0 aromatic rings. The molecule has 0 unspecified atom stereocenters. The molecular formula is C8H13F6N3O4S2. The molecule has 0 spiro atoms. The van der Waals surface area contributed by atoms with Gasteiger partial charge in [0.05, 0.1) is 6.17 Å². The van der Waals surface area contributed by atoms with Crippen molar-refractivity contribution in [2.45, 2.75) is 24.1 Å². The maximum Gasteiger partial charge on any atom is 0.512 e. The van der Waals surface area contributed by atoms with Crippen molar-refractivity contribution >= 4 is 20.0 Å². The molecule has 0 fully saturated rings. The van der Waals surface area contributed by atoms with Gasteiger partial charge in [-0.1, -0.05) is 4.13 Å². The monoisotopic (exact) mass is 393 g/mol. The zero-order valence-corrected chi connectivity index (χ0v) is 13.5. The first kappa shape index (κ1) is 21.8. The van der Waals surface area contributed by atoms with Crippen LogP contribution in [0.3, 0.4) is 0 Å². The van der Waals surface area contributed by atoms with Crippen LogP contribution in [0.4, 0.5) is 26.3 Å². The highest BCUT2D eigenvalue weighted by Crippen LogP contribution is 2.27. The van der Waals surface area contributed by atoms with Gasteiger partial charge in [0.2, 0.25) is 0 Å². The maximum absolute atomic E-state index is 11.5. The van der Waals surface area contributed by atoms with E-state index in [4.69, 9.17) is 0 Å². The lowest BCUT2D eigenvalue weighted by Crippen LogP contribution is -2.45. The molecule has 0 aromatic carbocycles. The molecule has 0 bridgehead atoms. The van der Waals surface area contributed by atoms with Crippen molar-refractivity contribution < 1.29 is 43.2 Å². The summed E-state index contributed by atoms with van der Waals surface area (Å²) in [6, 6.07) is 0. The van der Waals surface area contributed by atoms with Gasteiger partial charge in [-0.2, -0.15) is 26.3 Å². The summed E-state index contributed by atoms with van der Waals surface area (Å²) < 4.78 is 108. The van der Waals surface area contributed by atoms with E-state index in [1.54, 1.807) is 0 Å². The van der Waals surface area contributed by atoms with Crippen molar-refractivity contribution in [1.82, 2.24) is 13.9 Å². The number of alkyl halides is 6. The van der Waals surface area contributed by atoms with E-state index in [2.05, 4.69) is 43.2 Å². The molecule has 0 atom stereocenters.